The van der Waals surface area contributed by atoms with Crippen LogP contribution in [0.2, 0.25) is 0 Å². The first-order chi connectivity index (χ1) is 16.4. The van der Waals surface area contributed by atoms with Crippen LogP contribution in [0.3, 0.4) is 0 Å². The number of methoxy groups -OCH3 is 1. The van der Waals surface area contributed by atoms with Crippen LogP contribution in [0.25, 0.3) is 22.6 Å². The van der Waals surface area contributed by atoms with Crippen molar-refractivity contribution < 1.29 is 22.4 Å². The van der Waals surface area contributed by atoms with Crippen molar-refractivity contribution in [1.29, 1.82) is 0 Å². The molecule has 1 saturated heterocycles. The molecule has 1 amide bonds. The van der Waals surface area contributed by atoms with Crippen LogP contribution in [-0.4, -0.2) is 43.8 Å². The van der Waals surface area contributed by atoms with Gasteiger partial charge in [0.05, 0.1) is 12.0 Å². The first-order valence-electron chi connectivity index (χ1n) is 10.9. The van der Waals surface area contributed by atoms with Gasteiger partial charge in [0.25, 0.3) is 5.91 Å². The highest BCUT2D eigenvalue weighted by Gasteiger charge is 2.27. The number of carbonyl (C=O) groups is 1. The molecule has 0 atom stereocenters. The quantitative estimate of drug-likeness (QED) is 0.437. The van der Waals surface area contributed by atoms with Crippen molar-refractivity contribution in [2.75, 3.05) is 25.5 Å². The maximum atomic E-state index is 12.7. The zero-order valence-corrected chi connectivity index (χ0v) is 19.3. The summed E-state index contributed by atoms with van der Waals surface area (Å²) in [4.78, 5) is 17.4. The van der Waals surface area contributed by atoms with Crippen molar-refractivity contribution in [1.82, 2.24) is 9.29 Å². The SMILES string of the molecule is COc1cccc(-c2nc3ccc(NC(=O)c4ccc(S(=O)(=O)N5CCCC5)cc4)cc3o2)c1. The molecule has 1 aliphatic heterocycles. The smallest absolute Gasteiger partial charge is 0.255 e. The van der Waals surface area contributed by atoms with Gasteiger partial charge in [-0.1, -0.05) is 6.07 Å². The van der Waals surface area contributed by atoms with Gasteiger partial charge in [-0.05, 0) is 67.4 Å². The molecule has 3 aromatic carbocycles. The van der Waals surface area contributed by atoms with Crippen molar-refractivity contribution in [2.24, 2.45) is 0 Å². The lowest BCUT2D eigenvalue weighted by Gasteiger charge is -2.15. The second-order valence-corrected chi connectivity index (χ2v) is 9.96. The topological polar surface area (TPSA) is 102 Å². The molecular formula is C25H23N3O5S. The molecule has 8 nitrogen and oxygen atoms in total. The third-order valence-corrected chi connectivity index (χ3v) is 7.70. The Kier molecular flexibility index (Phi) is 5.80. The van der Waals surface area contributed by atoms with Gasteiger partial charge in [0.15, 0.2) is 5.58 Å². The molecule has 174 valence electrons. The number of hydrogen-bond donors (Lipinski definition) is 1. The average Bonchev–Trinajstić information content (AvgIpc) is 3.55. The van der Waals surface area contributed by atoms with E-state index in [-0.39, 0.29) is 10.8 Å². The highest BCUT2D eigenvalue weighted by Crippen LogP contribution is 2.28. The van der Waals surface area contributed by atoms with E-state index in [9.17, 15) is 13.2 Å². The molecule has 4 aromatic rings. The van der Waals surface area contributed by atoms with Crippen molar-refractivity contribution >= 4 is 32.7 Å². The van der Waals surface area contributed by atoms with E-state index in [1.165, 1.54) is 28.6 Å². The molecule has 1 aliphatic rings. The summed E-state index contributed by atoms with van der Waals surface area (Å²) >= 11 is 0. The largest absolute Gasteiger partial charge is 0.497 e. The third kappa shape index (κ3) is 4.27. The lowest BCUT2D eigenvalue weighted by molar-refractivity contribution is 0.102. The standard InChI is InChI=1S/C25H23N3O5S/c1-32-20-6-4-5-18(15-20)25-27-22-12-9-19(16-23(22)33-25)26-24(29)17-7-10-21(11-8-17)34(30,31)28-13-2-3-14-28/h4-12,15-16H,2-3,13-14H2,1H3,(H,26,29). The number of rotatable bonds is 6. The molecule has 9 heteroatoms. The fourth-order valence-corrected chi connectivity index (χ4v) is 5.46. The zero-order valence-electron chi connectivity index (χ0n) is 18.5. The van der Waals surface area contributed by atoms with E-state index in [1.807, 2.05) is 24.3 Å². The number of nitrogens with one attached hydrogen (secondary N) is 1. The highest BCUT2D eigenvalue weighted by atomic mass is 32.2. The molecule has 34 heavy (non-hydrogen) atoms. The van der Waals surface area contributed by atoms with Crippen LogP contribution in [0.4, 0.5) is 5.69 Å². The maximum Gasteiger partial charge on any atom is 0.255 e. The van der Waals surface area contributed by atoms with E-state index >= 15 is 0 Å². The van der Waals surface area contributed by atoms with E-state index in [2.05, 4.69) is 10.3 Å². The number of amides is 1. The Labute approximate surface area is 197 Å². The van der Waals surface area contributed by atoms with E-state index in [4.69, 9.17) is 9.15 Å². The molecular weight excluding hydrogens is 454 g/mol. The van der Waals surface area contributed by atoms with Crippen molar-refractivity contribution in [3.05, 3.63) is 72.3 Å². The normalized spacial score (nSPS) is 14.4. The van der Waals surface area contributed by atoms with Gasteiger partial charge in [0, 0.05) is 36.0 Å². The van der Waals surface area contributed by atoms with E-state index in [0.717, 1.165) is 18.4 Å². The number of benzene rings is 3. The molecule has 2 heterocycles. The van der Waals surface area contributed by atoms with E-state index in [1.54, 1.807) is 25.3 Å². The summed E-state index contributed by atoms with van der Waals surface area (Å²) < 4.78 is 38.0. The average molecular weight is 478 g/mol. The minimum Gasteiger partial charge on any atom is -0.497 e. The Balaban J connectivity index is 1.33. The van der Waals surface area contributed by atoms with Gasteiger partial charge in [0.2, 0.25) is 15.9 Å². The van der Waals surface area contributed by atoms with Crippen LogP contribution < -0.4 is 10.1 Å². The zero-order chi connectivity index (χ0) is 23.7. The molecule has 0 saturated carbocycles. The van der Waals surface area contributed by atoms with Crippen LogP contribution >= 0.6 is 0 Å². The fourth-order valence-electron chi connectivity index (χ4n) is 3.94. The van der Waals surface area contributed by atoms with Crippen LogP contribution in [0.5, 0.6) is 5.75 Å². The van der Waals surface area contributed by atoms with Crippen LogP contribution in [0.15, 0.2) is 76.0 Å². The van der Waals surface area contributed by atoms with Gasteiger partial charge in [-0.25, -0.2) is 13.4 Å². The summed E-state index contributed by atoms with van der Waals surface area (Å²) in [5, 5.41) is 2.82. The molecule has 1 aromatic heterocycles. The van der Waals surface area contributed by atoms with Crippen molar-refractivity contribution in [2.45, 2.75) is 17.7 Å². The number of anilines is 1. The number of hydrogen-bond acceptors (Lipinski definition) is 6. The van der Waals surface area contributed by atoms with E-state index < -0.39 is 10.0 Å². The van der Waals surface area contributed by atoms with Gasteiger partial charge in [-0.2, -0.15) is 4.31 Å². The molecule has 0 radical (unpaired) electrons. The Morgan fingerprint density at radius 3 is 2.53 bits per heavy atom. The minimum atomic E-state index is -3.52. The van der Waals surface area contributed by atoms with Crippen LogP contribution in [0, 0.1) is 0 Å². The van der Waals surface area contributed by atoms with E-state index in [0.29, 0.717) is 47.1 Å². The highest BCUT2D eigenvalue weighted by molar-refractivity contribution is 7.89. The van der Waals surface area contributed by atoms with Gasteiger partial charge in [-0.3, -0.25) is 4.79 Å². The van der Waals surface area contributed by atoms with Crippen LogP contribution in [-0.2, 0) is 10.0 Å². The summed E-state index contributed by atoms with van der Waals surface area (Å²) in [7, 11) is -1.92. The molecule has 1 N–H and O–H groups in total. The lowest BCUT2D eigenvalue weighted by Crippen LogP contribution is -2.27. The second-order valence-electron chi connectivity index (χ2n) is 8.02. The van der Waals surface area contributed by atoms with Gasteiger partial charge in [-0.15, -0.1) is 0 Å². The predicted octanol–water partition coefficient (Wildman–Crippen LogP) is 4.54. The summed E-state index contributed by atoms with van der Waals surface area (Å²) in [6.07, 6.45) is 1.74. The Hall–Kier alpha value is -3.69. The molecule has 5 rings (SSSR count). The number of carbonyl (C=O) groups excluding carboxylic acids is 1. The van der Waals surface area contributed by atoms with Gasteiger partial charge < -0.3 is 14.5 Å². The van der Waals surface area contributed by atoms with Crippen molar-refractivity contribution in [3.63, 3.8) is 0 Å². The lowest BCUT2D eigenvalue weighted by atomic mass is 10.2. The molecule has 0 unspecified atom stereocenters. The summed E-state index contributed by atoms with van der Waals surface area (Å²) in [5.41, 5.74) is 2.87. The maximum absolute atomic E-state index is 12.7. The Morgan fingerprint density at radius 2 is 1.79 bits per heavy atom. The molecule has 0 bridgehead atoms. The number of nitrogens with zero attached hydrogens (tertiary/aromatic N) is 2. The summed E-state index contributed by atoms with van der Waals surface area (Å²) in [6, 6.07) is 18.6. The number of oxazole rings is 1. The number of aromatic nitrogens is 1. The molecule has 0 aliphatic carbocycles. The number of ether oxygens (including phenoxy) is 1. The monoisotopic (exact) mass is 477 g/mol. The van der Waals surface area contributed by atoms with Crippen molar-refractivity contribution in [3.8, 4) is 17.2 Å². The Bertz CT molecular complexity index is 1460. The number of sulfonamides is 1. The third-order valence-electron chi connectivity index (χ3n) is 5.78. The van der Waals surface area contributed by atoms with Gasteiger partial charge >= 0.3 is 0 Å². The molecule has 1 fully saturated rings. The summed E-state index contributed by atoms with van der Waals surface area (Å²) in [6.45, 7) is 1.07. The predicted molar refractivity (Wildman–Crippen MR) is 128 cm³/mol. The Morgan fingerprint density at radius 1 is 1.03 bits per heavy atom. The first-order valence-corrected chi connectivity index (χ1v) is 12.3. The second kappa shape index (κ2) is 8.92. The summed E-state index contributed by atoms with van der Waals surface area (Å²) in [5.74, 6) is 0.802. The fraction of sp³-hybridized carbons (Fsp3) is 0.200. The molecule has 0 spiro atoms. The van der Waals surface area contributed by atoms with Crippen LogP contribution in [0.1, 0.15) is 23.2 Å². The number of fused-ring (bicyclic) bond motifs is 1. The first kappa shape index (κ1) is 22.1. The van der Waals surface area contributed by atoms with Gasteiger partial charge in [0.1, 0.15) is 11.3 Å². The minimum absolute atomic E-state index is 0.194.